The Kier molecular flexibility index (Phi) is 6.63. The fourth-order valence-electron chi connectivity index (χ4n) is 5.35. The Balaban J connectivity index is 1.18. The molecule has 0 bridgehead atoms. The van der Waals surface area contributed by atoms with Crippen LogP contribution in [-0.2, 0) is 21.2 Å². The molecule has 0 saturated carbocycles. The van der Waals surface area contributed by atoms with Crippen LogP contribution in [-0.4, -0.2) is 82.6 Å². The molecular weight excluding hydrogens is 466 g/mol. The maximum atomic E-state index is 13.3. The number of aryl methyl sites for hydroxylation is 1. The first kappa shape index (κ1) is 23.9. The first-order valence-corrected chi connectivity index (χ1v) is 14.2. The van der Waals surface area contributed by atoms with Crippen LogP contribution in [0, 0.1) is 12.8 Å². The van der Waals surface area contributed by atoms with E-state index in [0.717, 1.165) is 49.7 Å². The van der Waals surface area contributed by atoms with E-state index in [1.54, 1.807) is 0 Å². The Labute approximate surface area is 206 Å². The van der Waals surface area contributed by atoms with Crippen molar-refractivity contribution in [1.82, 2.24) is 29.3 Å². The molecule has 1 N–H and O–H groups in total. The fraction of sp³-hybridized carbons (Fsp3) is 0.583. The Morgan fingerprint density at radius 1 is 1.09 bits per heavy atom. The maximum Gasteiger partial charge on any atom is 0.229 e. The number of rotatable bonds is 5. The lowest BCUT2D eigenvalue weighted by molar-refractivity contribution is -0.138. The van der Waals surface area contributed by atoms with Crippen molar-refractivity contribution >= 4 is 27.6 Å². The summed E-state index contributed by atoms with van der Waals surface area (Å²) in [5.41, 5.74) is 1.77. The van der Waals surface area contributed by atoms with Gasteiger partial charge < -0.3 is 10.2 Å². The van der Waals surface area contributed by atoms with Gasteiger partial charge in [0.15, 0.2) is 0 Å². The fourth-order valence-corrected chi connectivity index (χ4v) is 6.21. The normalized spacial score (nSPS) is 20.0. The van der Waals surface area contributed by atoms with Crippen molar-refractivity contribution in [3.63, 3.8) is 0 Å². The van der Waals surface area contributed by atoms with Crippen LogP contribution < -0.4 is 5.32 Å². The number of piperidine rings is 2. The van der Waals surface area contributed by atoms with Gasteiger partial charge in [-0.15, -0.1) is 0 Å². The molecule has 5 rings (SSSR count). The average molecular weight is 500 g/mol. The van der Waals surface area contributed by atoms with Crippen LogP contribution in [0.1, 0.15) is 48.8 Å². The molecule has 188 valence electrons. The van der Waals surface area contributed by atoms with Crippen molar-refractivity contribution in [3.05, 3.63) is 35.6 Å². The number of carbonyl (C=O) groups excluding carboxylic acids is 1. The number of fused-ring (bicyclic) bond motifs is 1. The number of imidazole rings is 1. The van der Waals surface area contributed by atoms with Gasteiger partial charge in [0.05, 0.1) is 0 Å². The molecule has 11 heteroatoms. The molecule has 2 aromatic heterocycles. The number of nitrogens with one attached hydrogen (secondary N) is 1. The minimum Gasteiger partial charge on any atom is -0.366 e. The lowest BCUT2D eigenvalue weighted by Gasteiger charge is -2.38. The van der Waals surface area contributed by atoms with Gasteiger partial charge in [-0.1, -0.05) is 6.08 Å². The molecule has 0 radical (unpaired) electrons. The molecule has 2 saturated heterocycles. The summed E-state index contributed by atoms with van der Waals surface area (Å²) in [6, 6.07) is -0.00222. The zero-order valence-corrected chi connectivity index (χ0v) is 21.2. The second-order valence-corrected chi connectivity index (χ2v) is 11.7. The van der Waals surface area contributed by atoms with E-state index in [1.165, 1.54) is 6.26 Å². The van der Waals surface area contributed by atoms with Gasteiger partial charge >= 0.3 is 0 Å². The summed E-state index contributed by atoms with van der Waals surface area (Å²) < 4.78 is 26.7. The number of likely N-dealkylation sites (tertiary alicyclic amines) is 2. The molecule has 3 aliphatic heterocycles. The SMILES string of the molecule is Cc1ncc(CN2CCC(C(=O)N3CCC(n4c(S(C)(=O)=O)nc5c4NCC=C5)CC3)CC2)cn1. The topological polar surface area (TPSA) is 113 Å². The van der Waals surface area contributed by atoms with Crippen molar-refractivity contribution in [1.29, 1.82) is 0 Å². The highest BCUT2D eigenvalue weighted by molar-refractivity contribution is 7.90. The number of hydrogen-bond acceptors (Lipinski definition) is 8. The van der Waals surface area contributed by atoms with E-state index in [0.29, 0.717) is 38.2 Å². The molecule has 0 aliphatic carbocycles. The predicted octanol–water partition coefficient (Wildman–Crippen LogP) is 1.90. The lowest BCUT2D eigenvalue weighted by Crippen LogP contribution is -2.45. The third-order valence-corrected chi connectivity index (χ3v) is 8.17. The molecule has 10 nitrogen and oxygen atoms in total. The molecule has 1 amide bonds. The van der Waals surface area contributed by atoms with Gasteiger partial charge in [0, 0.05) is 62.4 Å². The molecule has 3 aliphatic rings. The highest BCUT2D eigenvalue weighted by Gasteiger charge is 2.34. The van der Waals surface area contributed by atoms with E-state index in [9.17, 15) is 13.2 Å². The summed E-state index contributed by atoms with van der Waals surface area (Å²) in [5.74, 6) is 1.83. The number of amides is 1. The summed E-state index contributed by atoms with van der Waals surface area (Å²) in [6.07, 6.45) is 11.9. The van der Waals surface area contributed by atoms with Gasteiger partial charge in [-0.2, -0.15) is 0 Å². The first-order valence-electron chi connectivity index (χ1n) is 12.3. The second kappa shape index (κ2) is 9.69. The third-order valence-electron chi connectivity index (χ3n) is 7.22. The first-order chi connectivity index (χ1) is 16.8. The minimum atomic E-state index is -3.47. The van der Waals surface area contributed by atoms with Crippen molar-refractivity contribution < 1.29 is 13.2 Å². The van der Waals surface area contributed by atoms with Crippen molar-refractivity contribution in [2.24, 2.45) is 5.92 Å². The van der Waals surface area contributed by atoms with Crippen molar-refractivity contribution in [2.75, 3.05) is 44.3 Å². The summed E-state index contributed by atoms with van der Waals surface area (Å²) in [5, 5.41) is 3.40. The van der Waals surface area contributed by atoms with Crippen LogP contribution in [0.5, 0.6) is 0 Å². The van der Waals surface area contributed by atoms with Gasteiger partial charge in [-0.05, 0) is 51.8 Å². The highest BCUT2D eigenvalue weighted by atomic mass is 32.2. The van der Waals surface area contributed by atoms with Crippen LogP contribution >= 0.6 is 0 Å². The smallest absolute Gasteiger partial charge is 0.229 e. The molecule has 0 spiro atoms. The van der Waals surface area contributed by atoms with Crippen LogP contribution in [0.25, 0.3) is 6.08 Å². The molecule has 0 atom stereocenters. The van der Waals surface area contributed by atoms with E-state index in [2.05, 4.69) is 25.2 Å². The number of anilines is 1. The summed E-state index contributed by atoms with van der Waals surface area (Å²) in [7, 11) is -3.47. The molecule has 0 unspecified atom stereocenters. The molecule has 0 aromatic carbocycles. The molecule has 2 aromatic rings. The van der Waals surface area contributed by atoms with Gasteiger partial charge in [-0.3, -0.25) is 14.3 Å². The van der Waals surface area contributed by atoms with Gasteiger partial charge in [0.2, 0.25) is 20.9 Å². The van der Waals surface area contributed by atoms with Gasteiger partial charge in [0.25, 0.3) is 0 Å². The number of hydrogen-bond donors (Lipinski definition) is 1. The van der Waals surface area contributed by atoms with Crippen molar-refractivity contribution in [2.45, 2.75) is 50.4 Å². The average Bonchev–Trinajstić information content (AvgIpc) is 3.26. The molecule has 35 heavy (non-hydrogen) atoms. The summed E-state index contributed by atoms with van der Waals surface area (Å²) in [6.45, 7) is 6.39. The maximum absolute atomic E-state index is 13.3. The van der Waals surface area contributed by atoms with E-state index in [4.69, 9.17) is 0 Å². The van der Waals surface area contributed by atoms with E-state index in [-0.39, 0.29) is 23.0 Å². The number of sulfone groups is 1. The van der Waals surface area contributed by atoms with Gasteiger partial charge in [0.1, 0.15) is 17.3 Å². The largest absolute Gasteiger partial charge is 0.366 e. The lowest BCUT2D eigenvalue weighted by atomic mass is 9.93. The number of carbonyl (C=O) groups is 1. The predicted molar refractivity (Wildman–Crippen MR) is 132 cm³/mol. The third kappa shape index (κ3) is 5.11. The Morgan fingerprint density at radius 3 is 2.43 bits per heavy atom. The summed E-state index contributed by atoms with van der Waals surface area (Å²) >= 11 is 0. The van der Waals surface area contributed by atoms with E-state index in [1.807, 2.05) is 40.9 Å². The molecular formula is C24H33N7O3S. The standard InChI is InChI=1S/C24H33N7O3S/c1-17-26-14-18(15-27-17)16-29-10-5-19(6-11-29)23(32)30-12-7-20(8-13-30)31-22-21(4-3-9-25-22)28-24(31)35(2,33)34/h3-4,14-15,19-20,25H,5-13,16H2,1-2H3. The Bertz CT molecular complexity index is 1210. The minimum absolute atomic E-state index is 0.00222. The number of nitrogens with zero attached hydrogens (tertiary/aromatic N) is 6. The Morgan fingerprint density at radius 2 is 1.77 bits per heavy atom. The second-order valence-electron chi connectivity index (χ2n) is 9.80. The Hall–Kier alpha value is -2.79. The quantitative estimate of drug-likeness (QED) is 0.664. The van der Waals surface area contributed by atoms with Crippen LogP contribution in [0.2, 0.25) is 0 Å². The van der Waals surface area contributed by atoms with E-state index >= 15 is 0 Å². The molecule has 2 fully saturated rings. The monoisotopic (exact) mass is 499 g/mol. The highest BCUT2D eigenvalue weighted by Crippen LogP contribution is 2.34. The zero-order chi connectivity index (χ0) is 24.6. The molecule has 5 heterocycles. The van der Waals surface area contributed by atoms with Crippen LogP contribution in [0.3, 0.4) is 0 Å². The summed E-state index contributed by atoms with van der Waals surface area (Å²) in [4.78, 5) is 30.5. The van der Waals surface area contributed by atoms with Gasteiger partial charge in [-0.25, -0.2) is 23.4 Å². The van der Waals surface area contributed by atoms with E-state index < -0.39 is 9.84 Å². The van der Waals surface area contributed by atoms with Crippen LogP contribution in [0.15, 0.2) is 23.6 Å². The van der Waals surface area contributed by atoms with Crippen molar-refractivity contribution in [3.8, 4) is 0 Å². The van der Waals surface area contributed by atoms with Crippen LogP contribution in [0.4, 0.5) is 5.82 Å². The number of aromatic nitrogens is 4. The zero-order valence-electron chi connectivity index (χ0n) is 20.4.